The van der Waals surface area contributed by atoms with Crippen LogP contribution >= 0.6 is 0 Å². The molecule has 20 heavy (non-hydrogen) atoms. The largest absolute Gasteiger partial charge is 0.396 e. The highest BCUT2D eigenvalue weighted by Gasteiger charge is 2.36. The fourth-order valence-electron chi connectivity index (χ4n) is 3.37. The second-order valence-corrected chi connectivity index (χ2v) is 6.26. The molecule has 2 fully saturated rings. The van der Waals surface area contributed by atoms with Crippen molar-refractivity contribution in [2.45, 2.75) is 43.7 Å². The van der Waals surface area contributed by atoms with Crippen molar-refractivity contribution in [3.63, 3.8) is 0 Å². The summed E-state index contributed by atoms with van der Waals surface area (Å²) in [5.41, 5.74) is 1.48. The van der Waals surface area contributed by atoms with Gasteiger partial charge in [-0.1, -0.05) is 30.3 Å². The number of hydrogen-bond donors (Lipinski definition) is 2. The molecule has 1 saturated carbocycles. The quantitative estimate of drug-likeness (QED) is 0.779. The molecule has 1 aromatic rings. The highest BCUT2D eigenvalue weighted by Crippen LogP contribution is 2.34. The van der Waals surface area contributed by atoms with Gasteiger partial charge in [0.2, 0.25) is 0 Å². The molecule has 1 aromatic carbocycles. The Balaban J connectivity index is 1.63. The van der Waals surface area contributed by atoms with Crippen molar-refractivity contribution >= 4 is 0 Å². The maximum Gasteiger partial charge on any atom is 0.0443 e. The van der Waals surface area contributed by atoms with Crippen molar-refractivity contribution in [2.75, 3.05) is 26.2 Å². The van der Waals surface area contributed by atoms with Gasteiger partial charge in [-0.2, -0.15) is 0 Å². The molecule has 0 radical (unpaired) electrons. The molecule has 2 N–H and O–H groups in total. The van der Waals surface area contributed by atoms with E-state index in [4.69, 9.17) is 5.11 Å². The summed E-state index contributed by atoms with van der Waals surface area (Å²) >= 11 is 0. The number of nitrogens with zero attached hydrogens (tertiary/aromatic N) is 1. The van der Waals surface area contributed by atoms with Gasteiger partial charge in [0.15, 0.2) is 0 Å². The molecule has 0 amide bonds. The number of hydrogen-bond acceptors (Lipinski definition) is 3. The molecular formula is C17H26N2O. The van der Waals surface area contributed by atoms with Crippen molar-refractivity contribution in [3.8, 4) is 0 Å². The standard InChI is InChI=1S/C17H26N2O/c20-10-4-9-18-16-11-15(14-5-2-1-3-6-14)12-19(13-16)17-7-8-17/h1-3,5-6,15-18,20H,4,7-13H2. The number of rotatable bonds is 6. The van der Waals surface area contributed by atoms with Crippen LogP contribution in [0.2, 0.25) is 0 Å². The fraction of sp³-hybridized carbons (Fsp3) is 0.647. The average molecular weight is 274 g/mol. The maximum atomic E-state index is 8.93. The molecule has 1 aliphatic heterocycles. The third kappa shape index (κ3) is 3.60. The summed E-state index contributed by atoms with van der Waals surface area (Å²) in [6, 6.07) is 12.4. The topological polar surface area (TPSA) is 35.5 Å². The fourth-order valence-corrected chi connectivity index (χ4v) is 3.37. The van der Waals surface area contributed by atoms with Gasteiger partial charge in [-0.3, -0.25) is 4.90 Å². The summed E-state index contributed by atoms with van der Waals surface area (Å²) in [5, 5.41) is 12.6. The zero-order valence-electron chi connectivity index (χ0n) is 12.2. The first-order chi connectivity index (χ1) is 9.86. The molecule has 2 unspecified atom stereocenters. The number of likely N-dealkylation sites (tertiary alicyclic amines) is 1. The van der Waals surface area contributed by atoms with Crippen LogP contribution in [-0.2, 0) is 0 Å². The van der Waals surface area contributed by atoms with Crippen LogP contribution in [0.25, 0.3) is 0 Å². The Hall–Kier alpha value is -0.900. The van der Waals surface area contributed by atoms with Crippen molar-refractivity contribution < 1.29 is 5.11 Å². The first-order valence-electron chi connectivity index (χ1n) is 8.00. The number of aliphatic hydroxyl groups is 1. The third-order valence-electron chi connectivity index (χ3n) is 4.58. The Labute approximate surface area is 122 Å². The Morgan fingerprint density at radius 2 is 1.95 bits per heavy atom. The van der Waals surface area contributed by atoms with E-state index in [0.29, 0.717) is 12.0 Å². The van der Waals surface area contributed by atoms with Crippen LogP contribution in [0.3, 0.4) is 0 Å². The van der Waals surface area contributed by atoms with Crippen LogP contribution in [0.1, 0.15) is 37.2 Å². The van der Waals surface area contributed by atoms with Gasteiger partial charge in [-0.05, 0) is 43.7 Å². The SMILES string of the molecule is OCCCNC1CC(c2ccccc2)CN(C2CC2)C1. The summed E-state index contributed by atoms with van der Waals surface area (Å²) in [6.45, 7) is 3.61. The van der Waals surface area contributed by atoms with E-state index in [-0.39, 0.29) is 6.61 Å². The van der Waals surface area contributed by atoms with Gasteiger partial charge in [0.25, 0.3) is 0 Å². The Kier molecular flexibility index (Phi) is 4.71. The second kappa shape index (κ2) is 6.70. The van der Waals surface area contributed by atoms with Crippen molar-refractivity contribution in [1.82, 2.24) is 10.2 Å². The van der Waals surface area contributed by atoms with E-state index in [2.05, 4.69) is 40.5 Å². The van der Waals surface area contributed by atoms with E-state index < -0.39 is 0 Å². The smallest absolute Gasteiger partial charge is 0.0443 e. The predicted molar refractivity (Wildman–Crippen MR) is 81.9 cm³/mol. The highest BCUT2D eigenvalue weighted by molar-refractivity contribution is 5.21. The Morgan fingerprint density at radius 3 is 2.65 bits per heavy atom. The minimum absolute atomic E-state index is 0.286. The lowest BCUT2D eigenvalue weighted by Gasteiger charge is -2.38. The summed E-state index contributed by atoms with van der Waals surface area (Å²) < 4.78 is 0. The van der Waals surface area contributed by atoms with Gasteiger partial charge in [0.1, 0.15) is 0 Å². The van der Waals surface area contributed by atoms with E-state index >= 15 is 0 Å². The molecule has 110 valence electrons. The summed E-state index contributed by atoms with van der Waals surface area (Å²) in [7, 11) is 0. The van der Waals surface area contributed by atoms with Crippen LogP contribution < -0.4 is 5.32 Å². The molecule has 3 heteroatoms. The van der Waals surface area contributed by atoms with Gasteiger partial charge in [0, 0.05) is 31.8 Å². The van der Waals surface area contributed by atoms with E-state index in [1.165, 1.54) is 37.9 Å². The lowest BCUT2D eigenvalue weighted by atomic mass is 9.88. The zero-order valence-corrected chi connectivity index (χ0v) is 12.2. The molecule has 0 bridgehead atoms. The Morgan fingerprint density at radius 1 is 1.15 bits per heavy atom. The van der Waals surface area contributed by atoms with E-state index in [1.54, 1.807) is 0 Å². The molecule has 3 nitrogen and oxygen atoms in total. The summed E-state index contributed by atoms with van der Waals surface area (Å²) in [4.78, 5) is 2.68. The summed E-state index contributed by atoms with van der Waals surface area (Å²) in [6.07, 6.45) is 4.84. The first-order valence-corrected chi connectivity index (χ1v) is 8.00. The predicted octanol–water partition coefficient (Wildman–Crippen LogP) is 1.98. The van der Waals surface area contributed by atoms with Gasteiger partial charge in [0.05, 0.1) is 0 Å². The van der Waals surface area contributed by atoms with Crippen LogP contribution in [0.15, 0.2) is 30.3 Å². The number of piperidine rings is 1. The Bertz CT molecular complexity index is 405. The zero-order chi connectivity index (χ0) is 13.8. The van der Waals surface area contributed by atoms with Crippen molar-refractivity contribution in [2.24, 2.45) is 0 Å². The van der Waals surface area contributed by atoms with Crippen molar-refractivity contribution in [3.05, 3.63) is 35.9 Å². The van der Waals surface area contributed by atoms with Gasteiger partial charge in [-0.15, -0.1) is 0 Å². The second-order valence-electron chi connectivity index (χ2n) is 6.26. The minimum Gasteiger partial charge on any atom is -0.396 e. The third-order valence-corrected chi connectivity index (χ3v) is 4.58. The molecule has 2 atom stereocenters. The van der Waals surface area contributed by atoms with Gasteiger partial charge in [-0.25, -0.2) is 0 Å². The molecule has 1 saturated heterocycles. The van der Waals surface area contributed by atoms with E-state index in [9.17, 15) is 0 Å². The number of aliphatic hydroxyl groups excluding tert-OH is 1. The number of nitrogens with one attached hydrogen (secondary N) is 1. The normalized spacial score (nSPS) is 27.6. The van der Waals surface area contributed by atoms with Crippen LogP contribution in [0.5, 0.6) is 0 Å². The molecule has 0 aromatic heterocycles. The molecular weight excluding hydrogens is 248 g/mol. The lowest BCUT2D eigenvalue weighted by molar-refractivity contribution is 0.161. The maximum absolute atomic E-state index is 8.93. The van der Waals surface area contributed by atoms with Gasteiger partial charge < -0.3 is 10.4 Å². The van der Waals surface area contributed by atoms with Crippen LogP contribution in [0.4, 0.5) is 0 Å². The molecule has 1 heterocycles. The molecule has 3 rings (SSSR count). The van der Waals surface area contributed by atoms with Gasteiger partial charge >= 0.3 is 0 Å². The first kappa shape index (κ1) is 14.1. The van der Waals surface area contributed by atoms with E-state index in [0.717, 1.165) is 19.0 Å². The van der Waals surface area contributed by atoms with Crippen molar-refractivity contribution in [1.29, 1.82) is 0 Å². The number of benzene rings is 1. The molecule has 2 aliphatic rings. The average Bonchev–Trinajstić information content (AvgIpc) is 3.33. The highest BCUT2D eigenvalue weighted by atomic mass is 16.3. The van der Waals surface area contributed by atoms with Crippen LogP contribution in [0, 0.1) is 0 Å². The minimum atomic E-state index is 0.286. The van der Waals surface area contributed by atoms with Crippen LogP contribution in [-0.4, -0.2) is 48.3 Å². The molecule has 0 spiro atoms. The monoisotopic (exact) mass is 274 g/mol. The van der Waals surface area contributed by atoms with E-state index in [1.807, 2.05) is 0 Å². The molecule has 1 aliphatic carbocycles. The lowest BCUT2D eigenvalue weighted by Crippen LogP contribution is -2.49. The summed E-state index contributed by atoms with van der Waals surface area (Å²) in [5.74, 6) is 0.650.